The molecular weight excluding hydrogens is 214 g/mol. The van der Waals surface area contributed by atoms with E-state index in [1.807, 2.05) is 50.2 Å². The lowest BCUT2D eigenvalue weighted by Crippen LogP contribution is -2.08. The highest BCUT2D eigenvalue weighted by Crippen LogP contribution is 2.18. The molecule has 0 aliphatic heterocycles. The van der Waals surface area contributed by atoms with E-state index in [4.69, 9.17) is 4.74 Å². The smallest absolute Gasteiger partial charge is 0.331 e. The zero-order valence-corrected chi connectivity index (χ0v) is 10.9. The van der Waals surface area contributed by atoms with E-state index < -0.39 is 0 Å². The van der Waals surface area contributed by atoms with E-state index in [1.54, 1.807) is 6.92 Å². The number of allylic oxidation sites excluding steroid dienone is 1. The number of nitrogens with zero attached hydrogens (tertiary/aromatic N) is 1. The number of hydrogen-bond acceptors (Lipinski definition) is 3. The lowest BCUT2D eigenvalue weighted by molar-refractivity contribution is -0.137. The summed E-state index contributed by atoms with van der Waals surface area (Å²) in [5.41, 5.74) is 3.08. The molecule has 0 fully saturated rings. The molecule has 0 spiro atoms. The molecule has 0 aliphatic carbocycles. The number of carbonyl (C=O) groups excluding carboxylic acids is 1. The van der Waals surface area contributed by atoms with Crippen molar-refractivity contribution in [1.82, 2.24) is 0 Å². The Morgan fingerprint density at radius 3 is 2.35 bits per heavy atom. The van der Waals surface area contributed by atoms with Crippen LogP contribution in [0.5, 0.6) is 0 Å². The number of rotatable bonds is 4. The molecule has 3 heteroatoms. The molecule has 3 nitrogen and oxygen atoms in total. The minimum atomic E-state index is -0.290. The van der Waals surface area contributed by atoms with Gasteiger partial charge in [0.15, 0.2) is 0 Å². The lowest BCUT2D eigenvalue weighted by Gasteiger charge is -2.12. The standard InChI is InChI=1S/C14H19NO2/c1-5-17-14(16)10-11(2)12-6-8-13(9-7-12)15(3)4/h6-10H,5H2,1-4H3/b11-10+. The van der Waals surface area contributed by atoms with Crippen molar-refractivity contribution in [2.45, 2.75) is 13.8 Å². The summed E-state index contributed by atoms with van der Waals surface area (Å²) in [4.78, 5) is 13.3. The van der Waals surface area contributed by atoms with Gasteiger partial charge in [0.1, 0.15) is 0 Å². The summed E-state index contributed by atoms with van der Waals surface area (Å²) >= 11 is 0. The summed E-state index contributed by atoms with van der Waals surface area (Å²) in [7, 11) is 3.99. The van der Waals surface area contributed by atoms with Gasteiger partial charge in [0, 0.05) is 25.9 Å². The highest BCUT2D eigenvalue weighted by molar-refractivity contribution is 5.90. The van der Waals surface area contributed by atoms with Crippen molar-refractivity contribution in [3.8, 4) is 0 Å². The number of anilines is 1. The van der Waals surface area contributed by atoms with Gasteiger partial charge in [0.25, 0.3) is 0 Å². The molecular formula is C14H19NO2. The maximum Gasteiger partial charge on any atom is 0.331 e. The monoisotopic (exact) mass is 233 g/mol. The Morgan fingerprint density at radius 2 is 1.88 bits per heavy atom. The van der Waals surface area contributed by atoms with Crippen LogP contribution in [0.25, 0.3) is 5.57 Å². The van der Waals surface area contributed by atoms with Crippen molar-refractivity contribution in [1.29, 1.82) is 0 Å². The maximum atomic E-state index is 11.3. The molecule has 0 aromatic heterocycles. The summed E-state index contributed by atoms with van der Waals surface area (Å²) < 4.78 is 4.87. The molecule has 1 aromatic rings. The predicted octanol–water partition coefficient (Wildman–Crippen LogP) is 2.72. The Balaban J connectivity index is 2.82. The third-order valence-corrected chi connectivity index (χ3v) is 2.46. The van der Waals surface area contributed by atoms with Gasteiger partial charge in [0.05, 0.1) is 6.61 Å². The molecule has 1 aromatic carbocycles. The van der Waals surface area contributed by atoms with Crippen LogP contribution in [-0.2, 0) is 9.53 Å². The van der Waals surface area contributed by atoms with Crippen LogP contribution in [0.15, 0.2) is 30.3 Å². The number of ether oxygens (including phenoxy) is 1. The van der Waals surface area contributed by atoms with E-state index in [-0.39, 0.29) is 5.97 Å². The normalized spacial score (nSPS) is 11.2. The first-order valence-electron chi connectivity index (χ1n) is 5.67. The molecule has 0 saturated heterocycles. The van der Waals surface area contributed by atoms with Crippen molar-refractivity contribution < 1.29 is 9.53 Å². The first-order chi connectivity index (χ1) is 8.04. The van der Waals surface area contributed by atoms with Crippen LogP contribution < -0.4 is 4.90 Å². The zero-order valence-electron chi connectivity index (χ0n) is 10.9. The molecule has 0 atom stereocenters. The fourth-order valence-corrected chi connectivity index (χ4v) is 1.47. The molecule has 0 amide bonds. The molecule has 0 saturated carbocycles. The van der Waals surface area contributed by atoms with Crippen LogP contribution in [0.2, 0.25) is 0 Å². The van der Waals surface area contributed by atoms with E-state index >= 15 is 0 Å². The minimum Gasteiger partial charge on any atom is -0.463 e. The Hall–Kier alpha value is -1.77. The average Bonchev–Trinajstić information content (AvgIpc) is 2.29. The maximum absolute atomic E-state index is 11.3. The van der Waals surface area contributed by atoms with E-state index in [2.05, 4.69) is 0 Å². The van der Waals surface area contributed by atoms with Crippen molar-refractivity contribution >= 4 is 17.2 Å². The second-order valence-electron chi connectivity index (χ2n) is 4.02. The molecule has 92 valence electrons. The Morgan fingerprint density at radius 1 is 1.29 bits per heavy atom. The van der Waals surface area contributed by atoms with E-state index in [0.29, 0.717) is 6.61 Å². The van der Waals surface area contributed by atoms with E-state index in [9.17, 15) is 4.79 Å². The largest absolute Gasteiger partial charge is 0.463 e. The van der Waals surface area contributed by atoms with Crippen LogP contribution in [0.1, 0.15) is 19.4 Å². The Bertz CT molecular complexity index is 405. The van der Waals surface area contributed by atoms with Gasteiger partial charge in [-0.15, -0.1) is 0 Å². The summed E-state index contributed by atoms with van der Waals surface area (Å²) in [5.74, 6) is -0.290. The van der Waals surface area contributed by atoms with Crippen LogP contribution in [0, 0.1) is 0 Å². The van der Waals surface area contributed by atoms with Gasteiger partial charge in [-0.25, -0.2) is 4.79 Å². The second kappa shape index (κ2) is 6.09. The first-order valence-corrected chi connectivity index (χ1v) is 5.67. The molecule has 0 N–H and O–H groups in total. The van der Waals surface area contributed by atoms with Crippen molar-refractivity contribution in [2.75, 3.05) is 25.6 Å². The molecule has 1 rings (SSSR count). The summed E-state index contributed by atoms with van der Waals surface area (Å²) in [6, 6.07) is 8.05. The van der Waals surface area contributed by atoms with Crippen LogP contribution in [-0.4, -0.2) is 26.7 Å². The van der Waals surface area contributed by atoms with Crippen molar-refractivity contribution in [3.63, 3.8) is 0 Å². The average molecular weight is 233 g/mol. The fraction of sp³-hybridized carbons (Fsp3) is 0.357. The van der Waals surface area contributed by atoms with Gasteiger partial charge >= 0.3 is 5.97 Å². The quantitative estimate of drug-likeness (QED) is 0.591. The second-order valence-corrected chi connectivity index (χ2v) is 4.02. The molecule has 0 unspecified atom stereocenters. The predicted molar refractivity (Wildman–Crippen MR) is 71.1 cm³/mol. The van der Waals surface area contributed by atoms with Crippen molar-refractivity contribution in [3.05, 3.63) is 35.9 Å². The third kappa shape index (κ3) is 3.94. The van der Waals surface area contributed by atoms with Crippen LogP contribution in [0.4, 0.5) is 5.69 Å². The number of benzene rings is 1. The van der Waals surface area contributed by atoms with Crippen molar-refractivity contribution in [2.24, 2.45) is 0 Å². The highest BCUT2D eigenvalue weighted by atomic mass is 16.5. The third-order valence-electron chi connectivity index (χ3n) is 2.46. The van der Waals surface area contributed by atoms with Gasteiger partial charge in [-0.3, -0.25) is 0 Å². The van der Waals surface area contributed by atoms with Gasteiger partial charge in [-0.2, -0.15) is 0 Å². The molecule has 17 heavy (non-hydrogen) atoms. The van der Waals surface area contributed by atoms with Gasteiger partial charge in [-0.1, -0.05) is 12.1 Å². The van der Waals surface area contributed by atoms with Crippen LogP contribution in [0.3, 0.4) is 0 Å². The summed E-state index contributed by atoms with van der Waals surface area (Å²) in [6.45, 7) is 4.11. The lowest BCUT2D eigenvalue weighted by atomic mass is 10.1. The molecule has 0 aliphatic rings. The number of carbonyl (C=O) groups is 1. The van der Waals surface area contributed by atoms with Gasteiger partial charge in [0.2, 0.25) is 0 Å². The SMILES string of the molecule is CCOC(=O)/C=C(\C)c1ccc(N(C)C)cc1. The fourth-order valence-electron chi connectivity index (χ4n) is 1.47. The van der Waals surface area contributed by atoms with Gasteiger partial charge in [-0.05, 0) is 37.1 Å². The minimum absolute atomic E-state index is 0.290. The number of esters is 1. The molecule has 0 heterocycles. The Kier molecular flexibility index (Phi) is 4.76. The highest BCUT2D eigenvalue weighted by Gasteiger charge is 2.01. The zero-order chi connectivity index (χ0) is 12.8. The Labute approximate surface area is 103 Å². The van der Waals surface area contributed by atoms with Gasteiger partial charge < -0.3 is 9.64 Å². The summed E-state index contributed by atoms with van der Waals surface area (Å²) in [6.07, 6.45) is 1.52. The topological polar surface area (TPSA) is 29.5 Å². The van der Waals surface area contributed by atoms with E-state index in [1.165, 1.54) is 6.08 Å². The van der Waals surface area contributed by atoms with Crippen LogP contribution >= 0.6 is 0 Å². The summed E-state index contributed by atoms with van der Waals surface area (Å²) in [5, 5.41) is 0. The molecule has 0 radical (unpaired) electrons. The number of hydrogen-bond donors (Lipinski definition) is 0. The first kappa shape index (κ1) is 13.3. The molecule has 0 bridgehead atoms. The van der Waals surface area contributed by atoms with E-state index in [0.717, 1.165) is 16.8 Å².